The number of nitrogens with one attached hydrogen (secondary N) is 1. The van der Waals surface area contributed by atoms with Gasteiger partial charge in [0.2, 0.25) is 0 Å². The van der Waals surface area contributed by atoms with Crippen LogP contribution in [0.5, 0.6) is 0 Å². The summed E-state index contributed by atoms with van der Waals surface area (Å²) < 4.78 is 5.61. The van der Waals surface area contributed by atoms with Crippen molar-refractivity contribution < 1.29 is 4.74 Å². The molecule has 0 saturated heterocycles. The second-order valence-electron chi connectivity index (χ2n) is 5.43. The molecule has 0 saturated carbocycles. The Morgan fingerprint density at radius 1 is 1.10 bits per heavy atom. The van der Waals surface area contributed by atoms with Crippen molar-refractivity contribution in [1.29, 1.82) is 0 Å². The number of aryl methyl sites for hydroxylation is 1. The van der Waals surface area contributed by atoms with E-state index in [9.17, 15) is 0 Å². The van der Waals surface area contributed by atoms with Gasteiger partial charge in [-0.05, 0) is 38.1 Å². The predicted octanol–water partition coefficient (Wildman–Crippen LogP) is 2.87. The van der Waals surface area contributed by atoms with Crippen molar-refractivity contribution in [3.63, 3.8) is 0 Å². The van der Waals surface area contributed by atoms with Crippen molar-refractivity contribution in [2.24, 2.45) is 0 Å². The second-order valence-corrected chi connectivity index (χ2v) is 5.43. The van der Waals surface area contributed by atoms with Crippen LogP contribution in [0.3, 0.4) is 0 Å². The zero-order valence-corrected chi connectivity index (χ0v) is 13.5. The van der Waals surface area contributed by atoms with Crippen molar-refractivity contribution in [3.8, 4) is 0 Å². The lowest BCUT2D eigenvalue weighted by molar-refractivity contribution is 0.117. The van der Waals surface area contributed by atoms with Crippen LogP contribution in [-0.2, 0) is 11.2 Å². The van der Waals surface area contributed by atoms with Crippen LogP contribution < -0.4 is 5.32 Å². The van der Waals surface area contributed by atoms with E-state index in [1.165, 1.54) is 11.1 Å². The normalized spacial score (nSPS) is 12.8. The summed E-state index contributed by atoms with van der Waals surface area (Å²) in [7, 11) is 4.13. The van der Waals surface area contributed by atoms with Gasteiger partial charge < -0.3 is 15.0 Å². The molecule has 0 aliphatic carbocycles. The molecule has 114 valence electrons. The van der Waals surface area contributed by atoms with Crippen LogP contribution in [0.4, 0.5) is 0 Å². The van der Waals surface area contributed by atoms with E-state index in [0.29, 0.717) is 6.04 Å². The summed E-state index contributed by atoms with van der Waals surface area (Å²) in [6.45, 7) is 7.87. The van der Waals surface area contributed by atoms with E-state index in [1.807, 2.05) is 0 Å². The topological polar surface area (TPSA) is 24.5 Å². The third kappa shape index (κ3) is 6.51. The zero-order chi connectivity index (χ0) is 14.8. The molecule has 0 amide bonds. The quantitative estimate of drug-likeness (QED) is 0.666. The van der Waals surface area contributed by atoms with Crippen molar-refractivity contribution in [2.75, 3.05) is 40.4 Å². The summed E-state index contributed by atoms with van der Waals surface area (Å²) >= 11 is 0. The molecule has 0 heterocycles. The summed E-state index contributed by atoms with van der Waals surface area (Å²) in [4.78, 5) is 2.14. The molecular weight excluding hydrogens is 248 g/mol. The Bertz CT molecular complexity index is 349. The van der Waals surface area contributed by atoms with Crippen LogP contribution in [0, 0.1) is 0 Å². The van der Waals surface area contributed by atoms with Crippen molar-refractivity contribution in [2.45, 2.75) is 32.7 Å². The van der Waals surface area contributed by atoms with E-state index in [2.05, 4.69) is 62.4 Å². The number of hydrogen-bond donors (Lipinski definition) is 1. The highest BCUT2D eigenvalue weighted by Crippen LogP contribution is 2.17. The maximum Gasteiger partial charge on any atom is 0.0593 e. The van der Waals surface area contributed by atoms with Crippen LogP contribution >= 0.6 is 0 Å². The Kier molecular flexibility index (Phi) is 8.51. The van der Waals surface area contributed by atoms with Gasteiger partial charge in [-0.1, -0.05) is 38.1 Å². The minimum atomic E-state index is 0.429. The molecular formula is C17H30N2O. The molecule has 0 fully saturated rings. The van der Waals surface area contributed by atoms with Crippen molar-refractivity contribution >= 4 is 0 Å². The molecule has 0 aromatic heterocycles. The maximum absolute atomic E-state index is 5.61. The molecule has 3 nitrogen and oxygen atoms in total. The van der Waals surface area contributed by atoms with Crippen LogP contribution in [0.1, 0.15) is 37.4 Å². The van der Waals surface area contributed by atoms with Gasteiger partial charge in [-0.2, -0.15) is 0 Å². The number of likely N-dealkylation sites (N-methyl/N-ethyl adjacent to an activating group) is 1. The fourth-order valence-electron chi connectivity index (χ4n) is 2.14. The van der Waals surface area contributed by atoms with E-state index < -0.39 is 0 Å². The first-order valence-corrected chi connectivity index (χ1v) is 7.72. The molecule has 0 radical (unpaired) electrons. The third-order valence-electron chi connectivity index (χ3n) is 3.52. The van der Waals surface area contributed by atoms with Gasteiger partial charge in [0.15, 0.2) is 0 Å². The van der Waals surface area contributed by atoms with Crippen LogP contribution in [0.2, 0.25) is 0 Å². The first-order valence-electron chi connectivity index (χ1n) is 7.72. The Hall–Kier alpha value is -0.900. The molecule has 0 aliphatic rings. The second kappa shape index (κ2) is 9.92. The standard InChI is InChI=1S/C17H30N2O/c1-5-15-7-9-16(10-8-15)17(6-2)18-11-13-20-14-12-19(3)4/h7-10,17-18H,5-6,11-14H2,1-4H3. The molecule has 1 N–H and O–H groups in total. The van der Waals surface area contributed by atoms with Crippen molar-refractivity contribution in [1.82, 2.24) is 10.2 Å². The minimum absolute atomic E-state index is 0.429. The lowest BCUT2D eigenvalue weighted by atomic mass is 10.0. The van der Waals surface area contributed by atoms with Gasteiger partial charge in [0.05, 0.1) is 13.2 Å². The zero-order valence-electron chi connectivity index (χ0n) is 13.5. The number of rotatable bonds is 10. The molecule has 0 bridgehead atoms. The molecule has 1 aromatic carbocycles. The minimum Gasteiger partial charge on any atom is -0.379 e. The van der Waals surface area contributed by atoms with Gasteiger partial charge in [-0.25, -0.2) is 0 Å². The third-order valence-corrected chi connectivity index (χ3v) is 3.52. The summed E-state index contributed by atoms with van der Waals surface area (Å²) in [6, 6.07) is 9.37. The molecule has 0 spiro atoms. The van der Waals surface area contributed by atoms with Gasteiger partial charge in [-0.3, -0.25) is 0 Å². The highest BCUT2D eigenvalue weighted by atomic mass is 16.5. The lowest BCUT2D eigenvalue weighted by Gasteiger charge is -2.18. The smallest absolute Gasteiger partial charge is 0.0593 e. The van der Waals surface area contributed by atoms with Crippen LogP contribution in [0.25, 0.3) is 0 Å². The monoisotopic (exact) mass is 278 g/mol. The Morgan fingerprint density at radius 2 is 1.80 bits per heavy atom. The summed E-state index contributed by atoms with van der Waals surface area (Å²) in [5, 5.41) is 3.57. The van der Waals surface area contributed by atoms with E-state index in [1.54, 1.807) is 0 Å². The lowest BCUT2D eigenvalue weighted by Crippen LogP contribution is -2.26. The van der Waals surface area contributed by atoms with Gasteiger partial charge >= 0.3 is 0 Å². The summed E-state index contributed by atoms with van der Waals surface area (Å²) in [5.74, 6) is 0. The fraction of sp³-hybridized carbons (Fsp3) is 0.647. The largest absolute Gasteiger partial charge is 0.379 e. The molecule has 0 aliphatic heterocycles. The number of nitrogens with zero attached hydrogens (tertiary/aromatic N) is 1. The Morgan fingerprint density at radius 3 is 2.35 bits per heavy atom. The Labute approximate surface area is 124 Å². The highest BCUT2D eigenvalue weighted by Gasteiger charge is 2.07. The molecule has 20 heavy (non-hydrogen) atoms. The molecule has 1 aromatic rings. The number of ether oxygens (including phenoxy) is 1. The van der Waals surface area contributed by atoms with Gasteiger partial charge in [0.1, 0.15) is 0 Å². The van der Waals surface area contributed by atoms with Crippen molar-refractivity contribution in [3.05, 3.63) is 35.4 Å². The highest BCUT2D eigenvalue weighted by molar-refractivity contribution is 5.24. The SMILES string of the molecule is CCc1ccc(C(CC)NCCOCCN(C)C)cc1. The average Bonchev–Trinajstić information content (AvgIpc) is 2.46. The van der Waals surface area contributed by atoms with E-state index in [4.69, 9.17) is 4.74 Å². The van der Waals surface area contributed by atoms with Gasteiger partial charge in [0.25, 0.3) is 0 Å². The molecule has 1 unspecified atom stereocenters. The van der Waals surface area contributed by atoms with E-state index in [-0.39, 0.29) is 0 Å². The summed E-state index contributed by atoms with van der Waals surface area (Å²) in [6.07, 6.45) is 2.20. The molecule has 1 atom stereocenters. The Balaban J connectivity index is 2.28. The maximum atomic E-state index is 5.61. The predicted molar refractivity (Wildman–Crippen MR) is 86.2 cm³/mol. The molecule has 1 rings (SSSR count). The fourth-order valence-corrected chi connectivity index (χ4v) is 2.14. The van der Waals surface area contributed by atoms with Gasteiger partial charge in [-0.15, -0.1) is 0 Å². The number of hydrogen-bond acceptors (Lipinski definition) is 3. The van der Waals surface area contributed by atoms with E-state index >= 15 is 0 Å². The first kappa shape index (κ1) is 17.2. The van der Waals surface area contributed by atoms with Crippen LogP contribution in [0.15, 0.2) is 24.3 Å². The average molecular weight is 278 g/mol. The van der Waals surface area contributed by atoms with E-state index in [0.717, 1.165) is 39.1 Å². The first-order chi connectivity index (χ1) is 9.67. The molecule has 3 heteroatoms. The van der Waals surface area contributed by atoms with Crippen LogP contribution in [-0.4, -0.2) is 45.3 Å². The number of benzene rings is 1. The van der Waals surface area contributed by atoms with Gasteiger partial charge in [0, 0.05) is 19.1 Å². The summed E-state index contributed by atoms with van der Waals surface area (Å²) in [5.41, 5.74) is 2.77.